The lowest BCUT2D eigenvalue weighted by Gasteiger charge is -2.27. The maximum atomic E-state index is 12.8. The largest absolute Gasteiger partial charge is 0.336 e. The molecule has 2 aromatic carbocycles. The molecule has 162 valence electrons. The number of sulfonamides is 1. The molecule has 1 heterocycles. The smallest absolute Gasteiger partial charge is 0.243 e. The van der Waals surface area contributed by atoms with Crippen molar-refractivity contribution in [2.24, 2.45) is 0 Å². The van der Waals surface area contributed by atoms with Gasteiger partial charge >= 0.3 is 0 Å². The van der Waals surface area contributed by atoms with Crippen LogP contribution in [0.3, 0.4) is 0 Å². The molecule has 6 heteroatoms. The molecule has 0 unspecified atom stereocenters. The Morgan fingerprint density at radius 1 is 0.933 bits per heavy atom. The Morgan fingerprint density at radius 2 is 1.57 bits per heavy atom. The predicted molar refractivity (Wildman–Crippen MR) is 120 cm³/mol. The van der Waals surface area contributed by atoms with E-state index in [0.29, 0.717) is 37.4 Å². The van der Waals surface area contributed by atoms with E-state index >= 15 is 0 Å². The summed E-state index contributed by atoms with van der Waals surface area (Å²) in [5.41, 5.74) is 2.09. The molecule has 1 fully saturated rings. The first-order chi connectivity index (χ1) is 14.4. The van der Waals surface area contributed by atoms with Crippen LogP contribution < -0.4 is 0 Å². The lowest BCUT2D eigenvalue weighted by molar-refractivity contribution is -0.133. The van der Waals surface area contributed by atoms with E-state index in [9.17, 15) is 13.2 Å². The Labute approximate surface area is 180 Å². The maximum absolute atomic E-state index is 12.8. The highest BCUT2D eigenvalue weighted by molar-refractivity contribution is 7.89. The van der Waals surface area contributed by atoms with E-state index in [1.807, 2.05) is 61.2 Å². The van der Waals surface area contributed by atoms with Gasteiger partial charge < -0.3 is 4.90 Å². The van der Waals surface area contributed by atoms with Crippen LogP contribution in [-0.2, 0) is 27.8 Å². The van der Waals surface area contributed by atoms with Gasteiger partial charge in [-0.2, -0.15) is 4.31 Å². The Kier molecular flexibility index (Phi) is 7.67. The summed E-state index contributed by atoms with van der Waals surface area (Å²) in [5, 5.41) is 0. The van der Waals surface area contributed by atoms with Gasteiger partial charge in [0.25, 0.3) is 0 Å². The molecular formula is C24H32N2O3S. The number of piperidine rings is 1. The minimum absolute atomic E-state index is 0.110. The fraction of sp³-hybridized carbons (Fsp3) is 0.458. The van der Waals surface area contributed by atoms with Crippen LogP contribution in [-0.4, -0.2) is 42.7 Å². The summed E-state index contributed by atoms with van der Waals surface area (Å²) in [6.07, 6.45) is 3.95. The van der Waals surface area contributed by atoms with Gasteiger partial charge in [0.15, 0.2) is 0 Å². The predicted octanol–water partition coefficient (Wildman–Crippen LogP) is 4.23. The summed E-state index contributed by atoms with van der Waals surface area (Å²) in [6, 6.07) is 17.1. The third-order valence-electron chi connectivity index (χ3n) is 5.64. The molecule has 1 amide bonds. The maximum Gasteiger partial charge on any atom is 0.243 e. The Balaban J connectivity index is 1.60. The number of hydrogen-bond acceptors (Lipinski definition) is 3. The molecule has 0 bridgehead atoms. The van der Waals surface area contributed by atoms with Gasteiger partial charge in [-0.05, 0) is 56.4 Å². The summed E-state index contributed by atoms with van der Waals surface area (Å²) in [5.74, 6) is 0.110. The van der Waals surface area contributed by atoms with Gasteiger partial charge in [0, 0.05) is 32.1 Å². The average Bonchev–Trinajstić information content (AvgIpc) is 2.77. The van der Waals surface area contributed by atoms with Gasteiger partial charge in [0.1, 0.15) is 0 Å². The van der Waals surface area contributed by atoms with Crippen molar-refractivity contribution in [2.75, 3.05) is 13.1 Å². The topological polar surface area (TPSA) is 57.7 Å². The highest BCUT2D eigenvalue weighted by atomic mass is 32.2. The molecule has 30 heavy (non-hydrogen) atoms. The monoisotopic (exact) mass is 428 g/mol. The summed E-state index contributed by atoms with van der Waals surface area (Å²) in [4.78, 5) is 15.1. The number of aryl methyl sites for hydroxylation is 1. The molecule has 0 aromatic heterocycles. The van der Waals surface area contributed by atoms with E-state index in [4.69, 9.17) is 0 Å². The van der Waals surface area contributed by atoms with Crippen LogP contribution in [0.2, 0.25) is 0 Å². The quantitative estimate of drug-likeness (QED) is 0.632. The molecule has 0 atom stereocenters. The van der Waals surface area contributed by atoms with Crippen molar-refractivity contribution in [3.05, 3.63) is 65.7 Å². The number of carbonyl (C=O) groups is 1. The van der Waals surface area contributed by atoms with Crippen LogP contribution in [0, 0.1) is 0 Å². The number of carbonyl (C=O) groups excluding carboxylic acids is 1. The summed E-state index contributed by atoms with van der Waals surface area (Å²) in [6.45, 7) is 5.86. The summed E-state index contributed by atoms with van der Waals surface area (Å²) < 4.78 is 27.1. The summed E-state index contributed by atoms with van der Waals surface area (Å²) >= 11 is 0. The highest BCUT2D eigenvalue weighted by Crippen LogP contribution is 2.21. The van der Waals surface area contributed by atoms with Crippen LogP contribution in [0.4, 0.5) is 0 Å². The molecule has 2 aromatic rings. The normalized spacial score (nSPS) is 15.3. The van der Waals surface area contributed by atoms with Gasteiger partial charge in [-0.3, -0.25) is 4.79 Å². The Hall–Kier alpha value is -2.18. The van der Waals surface area contributed by atoms with E-state index in [1.54, 1.807) is 16.4 Å². The van der Waals surface area contributed by atoms with Crippen molar-refractivity contribution in [2.45, 2.75) is 63.4 Å². The van der Waals surface area contributed by atoms with Crippen LogP contribution in [0.25, 0.3) is 0 Å². The zero-order valence-electron chi connectivity index (χ0n) is 18.0. The number of hydrogen-bond donors (Lipinski definition) is 0. The molecule has 0 radical (unpaired) electrons. The number of amides is 1. The summed E-state index contributed by atoms with van der Waals surface area (Å²) in [7, 11) is -3.41. The third-order valence-corrected chi connectivity index (χ3v) is 7.56. The van der Waals surface area contributed by atoms with Crippen LogP contribution >= 0.6 is 0 Å². The molecule has 3 rings (SSSR count). The molecule has 5 nitrogen and oxygen atoms in total. The Morgan fingerprint density at radius 3 is 2.17 bits per heavy atom. The van der Waals surface area contributed by atoms with E-state index in [1.165, 1.54) is 0 Å². The number of nitrogens with zero attached hydrogens (tertiary/aromatic N) is 2. The van der Waals surface area contributed by atoms with Crippen molar-refractivity contribution in [1.82, 2.24) is 9.21 Å². The fourth-order valence-corrected chi connectivity index (χ4v) is 5.33. The standard InChI is InChI=1S/C24H32N2O3S/c1-20(2)26(19-22-9-5-3-6-10-22)24(27)16-13-21-11-14-23(15-12-21)30(28,29)25-17-7-4-8-18-25/h3,5-6,9-12,14-15,20H,4,7-8,13,16-19H2,1-2H3. The van der Waals surface area contributed by atoms with E-state index in [0.717, 1.165) is 30.4 Å². The van der Waals surface area contributed by atoms with Gasteiger partial charge in [-0.15, -0.1) is 0 Å². The average molecular weight is 429 g/mol. The first-order valence-corrected chi connectivity index (χ1v) is 12.2. The second-order valence-electron chi connectivity index (χ2n) is 8.21. The van der Waals surface area contributed by atoms with Crippen LogP contribution in [0.5, 0.6) is 0 Å². The molecule has 0 aliphatic carbocycles. The third kappa shape index (κ3) is 5.70. The second-order valence-corrected chi connectivity index (χ2v) is 10.1. The van der Waals surface area contributed by atoms with E-state index < -0.39 is 10.0 Å². The molecule has 1 aliphatic heterocycles. The molecule has 1 aliphatic rings. The highest BCUT2D eigenvalue weighted by Gasteiger charge is 2.25. The van der Waals surface area contributed by atoms with Crippen molar-refractivity contribution in [3.8, 4) is 0 Å². The minimum atomic E-state index is -3.41. The van der Waals surface area contributed by atoms with Crippen LogP contribution in [0.1, 0.15) is 50.7 Å². The number of rotatable bonds is 8. The van der Waals surface area contributed by atoms with Crippen molar-refractivity contribution < 1.29 is 13.2 Å². The molecule has 0 saturated carbocycles. The second kappa shape index (κ2) is 10.2. The first-order valence-electron chi connectivity index (χ1n) is 10.8. The van der Waals surface area contributed by atoms with Crippen LogP contribution in [0.15, 0.2) is 59.5 Å². The lowest BCUT2D eigenvalue weighted by Crippen LogP contribution is -2.36. The fourth-order valence-electron chi connectivity index (χ4n) is 3.82. The van der Waals surface area contributed by atoms with Gasteiger partial charge in [0.2, 0.25) is 15.9 Å². The molecular weight excluding hydrogens is 396 g/mol. The van der Waals surface area contributed by atoms with Crippen molar-refractivity contribution in [3.63, 3.8) is 0 Å². The zero-order valence-corrected chi connectivity index (χ0v) is 18.8. The van der Waals surface area contributed by atoms with Gasteiger partial charge in [-0.1, -0.05) is 48.9 Å². The lowest BCUT2D eigenvalue weighted by atomic mass is 10.1. The van der Waals surface area contributed by atoms with E-state index in [2.05, 4.69) is 0 Å². The first kappa shape index (κ1) is 22.5. The van der Waals surface area contributed by atoms with Gasteiger partial charge in [-0.25, -0.2) is 8.42 Å². The molecule has 1 saturated heterocycles. The Bertz CT molecular complexity index is 919. The zero-order chi connectivity index (χ0) is 21.6. The SMILES string of the molecule is CC(C)N(Cc1ccccc1)C(=O)CCc1ccc(S(=O)(=O)N2CCCCC2)cc1. The molecule has 0 N–H and O–H groups in total. The van der Waals surface area contributed by atoms with E-state index in [-0.39, 0.29) is 11.9 Å². The number of benzene rings is 2. The molecule has 0 spiro atoms. The van der Waals surface area contributed by atoms with Crippen molar-refractivity contribution >= 4 is 15.9 Å². The van der Waals surface area contributed by atoms with Gasteiger partial charge in [0.05, 0.1) is 4.90 Å². The van der Waals surface area contributed by atoms with Crippen molar-refractivity contribution in [1.29, 1.82) is 0 Å². The minimum Gasteiger partial charge on any atom is -0.336 e.